The lowest BCUT2D eigenvalue weighted by Crippen LogP contribution is -1.96. The normalized spacial score (nSPS) is 17.6. The molecule has 1 aliphatic heterocycles. The van der Waals surface area contributed by atoms with Crippen LogP contribution < -0.4 is 4.74 Å². The van der Waals surface area contributed by atoms with E-state index in [1.54, 1.807) is 7.11 Å². The first-order valence-electron chi connectivity index (χ1n) is 8.05. The van der Waals surface area contributed by atoms with E-state index >= 15 is 0 Å². The molecule has 122 valence electrons. The molecule has 0 aliphatic carbocycles. The van der Waals surface area contributed by atoms with Crippen LogP contribution >= 0.6 is 0 Å². The molecule has 3 nitrogen and oxygen atoms in total. The van der Waals surface area contributed by atoms with E-state index in [2.05, 4.69) is 48.3 Å². The molecule has 0 saturated carbocycles. The molecule has 3 heteroatoms. The molecule has 0 bridgehead atoms. The molecule has 0 atom stereocenters. The highest BCUT2D eigenvalue weighted by molar-refractivity contribution is 5.97. The van der Waals surface area contributed by atoms with E-state index in [9.17, 15) is 0 Å². The molecule has 1 fully saturated rings. The number of ether oxygens (including phenoxy) is 2. The van der Waals surface area contributed by atoms with E-state index in [4.69, 9.17) is 9.47 Å². The van der Waals surface area contributed by atoms with Gasteiger partial charge in [-0.3, -0.25) is 0 Å². The van der Waals surface area contributed by atoms with Crippen LogP contribution in [-0.2, 0) is 4.74 Å². The number of hydrogen-bond acceptors (Lipinski definition) is 3. The van der Waals surface area contributed by atoms with Gasteiger partial charge < -0.3 is 9.47 Å². The Morgan fingerprint density at radius 1 is 1.08 bits per heavy atom. The lowest BCUT2D eigenvalue weighted by atomic mass is 10.1. The lowest BCUT2D eigenvalue weighted by Gasteiger charge is -2.05. The summed E-state index contributed by atoms with van der Waals surface area (Å²) in [6, 6.07) is 16.1. The number of allylic oxidation sites excluding steroid dienone is 2. The Morgan fingerprint density at radius 3 is 2.67 bits per heavy atom. The summed E-state index contributed by atoms with van der Waals surface area (Å²) >= 11 is 0. The van der Waals surface area contributed by atoms with E-state index in [1.165, 1.54) is 11.1 Å². The van der Waals surface area contributed by atoms with Gasteiger partial charge in [-0.2, -0.15) is 0 Å². The molecule has 2 aromatic carbocycles. The van der Waals surface area contributed by atoms with Crippen LogP contribution in [0.15, 0.2) is 71.2 Å². The fraction of sp³-hybridized carbons (Fsp3) is 0.190. The molecule has 3 rings (SSSR count). The molecule has 1 saturated heterocycles. The van der Waals surface area contributed by atoms with Crippen LogP contribution in [0.1, 0.15) is 17.5 Å². The number of para-hydroxylation sites is 2. The zero-order valence-corrected chi connectivity index (χ0v) is 14.0. The predicted octanol–water partition coefficient (Wildman–Crippen LogP) is 5.09. The second kappa shape index (κ2) is 7.64. The Labute approximate surface area is 143 Å². The first kappa shape index (κ1) is 16.1. The molecule has 0 radical (unpaired) electrons. The van der Waals surface area contributed by atoms with Gasteiger partial charge in [0.1, 0.15) is 11.4 Å². The number of hydrogen-bond donors (Lipinski definition) is 0. The molecule has 0 unspecified atom stereocenters. The van der Waals surface area contributed by atoms with Crippen molar-refractivity contribution < 1.29 is 9.47 Å². The Bertz CT molecular complexity index is 786. The quantitative estimate of drug-likeness (QED) is 0.785. The molecule has 1 aliphatic rings. The second-order valence-electron chi connectivity index (χ2n) is 5.65. The predicted molar refractivity (Wildman–Crippen MR) is 99.0 cm³/mol. The third kappa shape index (κ3) is 3.93. The highest BCUT2D eigenvalue weighted by Gasteiger charge is 2.17. The third-order valence-corrected chi connectivity index (χ3v) is 3.86. The maximum Gasteiger partial charge on any atom is 0.217 e. The Balaban J connectivity index is 1.79. The summed E-state index contributed by atoms with van der Waals surface area (Å²) in [5, 5.41) is 0. The van der Waals surface area contributed by atoms with Crippen LogP contribution in [0.5, 0.6) is 5.75 Å². The van der Waals surface area contributed by atoms with Gasteiger partial charge >= 0.3 is 0 Å². The minimum absolute atomic E-state index is 0.665. The van der Waals surface area contributed by atoms with Gasteiger partial charge in [-0.1, -0.05) is 60.2 Å². The van der Waals surface area contributed by atoms with Crippen molar-refractivity contribution in [3.05, 3.63) is 77.4 Å². The molecular formula is C21H21NO2. The zero-order chi connectivity index (χ0) is 16.8. The summed E-state index contributed by atoms with van der Waals surface area (Å²) in [6.45, 7) is 2.75. The number of aliphatic imine (C=N–C) groups is 1. The standard InChI is InChI=1S/C21H21NO2/c1-16-10-12-17(13-11-16)6-5-7-18-14-15-24-21(18)22-19-8-3-4-9-20(19)23-2/h3-13H,14-15H2,1-2H3/b6-5+,18-7+,22-21?. The van der Waals surface area contributed by atoms with E-state index in [0.29, 0.717) is 12.5 Å². The average Bonchev–Trinajstić information content (AvgIpc) is 3.04. The van der Waals surface area contributed by atoms with Crippen molar-refractivity contribution in [2.24, 2.45) is 4.99 Å². The van der Waals surface area contributed by atoms with Gasteiger partial charge in [0.15, 0.2) is 0 Å². The number of rotatable bonds is 4. The van der Waals surface area contributed by atoms with Gasteiger partial charge in [-0.15, -0.1) is 0 Å². The summed E-state index contributed by atoms with van der Waals surface area (Å²) in [5.41, 5.74) is 4.33. The Hall–Kier alpha value is -2.81. The molecule has 24 heavy (non-hydrogen) atoms. The Morgan fingerprint density at radius 2 is 1.88 bits per heavy atom. The van der Waals surface area contributed by atoms with Gasteiger partial charge in [0.25, 0.3) is 0 Å². The third-order valence-electron chi connectivity index (χ3n) is 3.86. The van der Waals surface area contributed by atoms with Crippen molar-refractivity contribution in [2.45, 2.75) is 13.3 Å². The highest BCUT2D eigenvalue weighted by atomic mass is 16.5. The largest absolute Gasteiger partial charge is 0.494 e. The van der Waals surface area contributed by atoms with Crippen LogP contribution in [-0.4, -0.2) is 19.6 Å². The van der Waals surface area contributed by atoms with Gasteiger partial charge in [-0.05, 0) is 24.6 Å². The topological polar surface area (TPSA) is 30.8 Å². The van der Waals surface area contributed by atoms with E-state index in [1.807, 2.05) is 30.3 Å². The summed E-state index contributed by atoms with van der Waals surface area (Å²) in [7, 11) is 1.65. The van der Waals surface area contributed by atoms with Crippen LogP contribution in [0.2, 0.25) is 0 Å². The van der Waals surface area contributed by atoms with Crippen LogP contribution in [0.3, 0.4) is 0 Å². The molecule has 0 N–H and O–H groups in total. The zero-order valence-electron chi connectivity index (χ0n) is 14.0. The van der Waals surface area contributed by atoms with E-state index in [-0.39, 0.29) is 0 Å². The number of nitrogens with zero attached hydrogens (tertiary/aromatic N) is 1. The summed E-state index contributed by atoms with van der Waals surface area (Å²) in [4.78, 5) is 4.61. The van der Waals surface area contributed by atoms with Gasteiger partial charge in [0.2, 0.25) is 5.90 Å². The maximum absolute atomic E-state index is 5.68. The molecule has 2 aromatic rings. The van der Waals surface area contributed by atoms with E-state index in [0.717, 1.165) is 23.4 Å². The van der Waals surface area contributed by atoms with Crippen molar-refractivity contribution in [1.82, 2.24) is 0 Å². The first-order valence-corrected chi connectivity index (χ1v) is 8.05. The minimum atomic E-state index is 0.665. The first-order chi connectivity index (χ1) is 11.8. The van der Waals surface area contributed by atoms with Crippen molar-refractivity contribution in [3.8, 4) is 5.75 Å². The molecule has 0 aromatic heterocycles. The number of benzene rings is 2. The lowest BCUT2D eigenvalue weighted by molar-refractivity contribution is 0.343. The molecule has 1 heterocycles. The second-order valence-corrected chi connectivity index (χ2v) is 5.65. The van der Waals surface area contributed by atoms with E-state index < -0.39 is 0 Å². The fourth-order valence-electron chi connectivity index (χ4n) is 2.50. The smallest absolute Gasteiger partial charge is 0.217 e. The number of methoxy groups -OCH3 is 1. The van der Waals surface area contributed by atoms with Crippen molar-refractivity contribution in [1.29, 1.82) is 0 Å². The van der Waals surface area contributed by atoms with Crippen molar-refractivity contribution in [3.63, 3.8) is 0 Å². The van der Waals surface area contributed by atoms with Gasteiger partial charge in [0, 0.05) is 12.0 Å². The highest BCUT2D eigenvalue weighted by Crippen LogP contribution is 2.29. The van der Waals surface area contributed by atoms with Crippen LogP contribution in [0.4, 0.5) is 5.69 Å². The SMILES string of the molecule is COc1ccccc1N=C1OCC/C1=C\C=C\c1ccc(C)cc1. The molecular weight excluding hydrogens is 298 g/mol. The maximum atomic E-state index is 5.68. The minimum Gasteiger partial charge on any atom is -0.494 e. The summed E-state index contributed by atoms with van der Waals surface area (Å²) < 4.78 is 11.0. The molecule has 0 spiro atoms. The monoisotopic (exact) mass is 319 g/mol. The summed E-state index contributed by atoms with van der Waals surface area (Å²) in [5.74, 6) is 1.42. The van der Waals surface area contributed by atoms with Gasteiger partial charge in [0.05, 0.1) is 13.7 Å². The van der Waals surface area contributed by atoms with Crippen LogP contribution in [0.25, 0.3) is 6.08 Å². The number of aryl methyl sites for hydroxylation is 1. The van der Waals surface area contributed by atoms with Crippen molar-refractivity contribution in [2.75, 3.05) is 13.7 Å². The molecule has 0 amide bonds. The Kier molecular flexibility index (Phi) is 5.12. The summed E-state index contributed by atoms with van der Waals surface area (Å²) in [6.07, 6.45) is 7.07. The van der Waals surface area contributed by atoms with Gasteiger partial charge in [-0.25, -0.2) is 4.99 Å². The fourth-order valence-corrected chi connectivity index (χ4v) is 2.50. The van der Waals surface area contributed by atoms with Crippen molar-refractivity contribution >= 4 is 17.7 Å². The van der Waals surface area contributed by atoms with Crippen LogP contribution in [0, 0.1) is 6.92 Å². The average molecular weight is 319 g/mol.